The summed E-state index contributed by atoms with van der Waals surface area (Å²) < 4.78 is 5.16. The van der Waals surface area contributed by atoms with Crippen molar-refractivity contribution in [3.05, 3.63) is 47.2 Å². The van der Waals surface area contributed by atoms with Crippen molar-refractivity contribution in [2.75, 3.05) is 12.0 Å². The summed E-state index contributed by atoms with van der Waals surface area (Å²) in [4.78, 5) is 14.8. The van der Waals surface area contributed by atoms with Crippen LogP contribution in [0, 0.1) is 23.7 Å². The summed E-state index contributed by atoms with van der Waals surface area (Å²) in [6.45, 7) is 1.91. The highest BCUT2D eigenvalue weighted by atomic mass is 16.5. The molecule has 30 heavy (non-hydrogen) atoms. The highest BCUT2D eigenvalue weighted by Crippen LogP contribution is 2.55. The van der Waals surface area contributed by atoms with Crippen molar-refractivity contribution in [3.63, 3.8) is 0 Å². The van der Waals surface area contributed by atoms with Crippen LogP contribution >= 0.6 is 0 Å². The van der Waals surface area contributed by atoms with Gasteiger partial charge in [0.15, 0.2) is 5.82 Å². The van der Waals surface area contributed by atoms with Crippen molar-refractivity contribution >= 4 is 11.7 Å². The average Bonchev–Trinajstić information content (AvgIpc) is 3.23. The Balaban J connectivity index is 1.55. The summed E-state index contributed by atoms with van der Waals surface area (Å²) in [5.41, 5.74) is 3.70. The third-order valence-corrected chi connectivity index (χ3v) is 7.73. The molecule has 5 heteroatoms. The summed E-state index contributed by atoms with van der Waals surface area (Å²) >= 11 is 0. The molecule has 2 saturated carbocycles. The van der Waals surface area contributed by atoms with Gasteiger partial charge in [0.1, 0.15) is 0 Å². The number of amides is 1. The van der Waals surface area contributed by atoms with E-state index in [1.54, 1.807) is 18.1 Å². The number of hydrogen-bond donors (Lipinski definition) is 0. The Morgan fingerprint density at radius 1 is 1.10 bits per heavy atom. The first-order chi connectivity index (χ1) is 14.7. The van der Waals surface area contributed by atoms with Crippen molar-refractivity contribution in [3.8, 4) is 5.88 Å². The smallest absolute Gasteiger partial charge is 0.233 e. The third-order valence-electron chi connectivity index (χ3n) is 7.73. The van der Waals surface area contributed by atoms with Gasteiger partial charge in [0, 0.05) is 12.5 Å². The number of hydrogen-bond acceptors (Lipinski definition) is 4. The van der Waals surface area contributed by atoms with Crippen LogP contribution in [0.1, 0.15) is 58.3 Å². The molecule has 0 aromatic carbocycles. The maximum absolute atomic E-state index is 13.1. The molecule has 2 fully saturated rings. The number of allylic oxidation sites excluding steroid dienone is 5. The van der Waals surface area contributed by atoms with Gasteiger partial charge >= 0.3 is 0 Å². The summed E-state index contributed by atoms with van der Waals surface area (Å²) in [6.07, 6.45) is 16.5. The number of carbonyl (C=O) groups is 1. The van der Waals surface area contributed by atoms with E-state index in [1.165, 1.54) is 56.1 Å². The Labute approximate surface area is 178 Å². The molecule has 0 radical (unpaired) electrons. The third kappa shape index (κ3) is 3.19. The second kappa shape index (κ2) is 8.01. The van der Waals surface area contributed by atoms with Crippen LogP contribution in [0.3, 0.4) is 0 Å². The zero-order chi connectivity index (χ0) is 20.7. The zero-order valence-electron chi connectivity index (χ0n) is 18.0. The Hall–Kier alpha value is -2.43. The lowest BCUT2D eigenvalue weighted by Gasteiger charge is -2.48. The Bertz CT molecular complexity index is 915. The van der Waals surface area contributed by atoms with E-state index in [4.69, 9.17) is 4.74 Å². The van der Waals surface area contributed by atoms with Crippen LogP contribution in [0.5, 0.6) is 5.88 Å². The average molecular weight is 406 g/mol. The van der Waals surface area contributed by atoms with Gasteiger partial charge in [-0.15, -0.1) is 10.2 Å². The molecule has 1 aromatic rings. The molecule has 5 nitrogen and oxygen atoms in total. The molecule has 0 saturated heterocycles. The fourth-order valence-electron chi connectivity index (χ4n) is 6.38. The molecule has 0 N–H and O–H groups in total. The maximum Gasteiger partial charge on any atom is 0.233 e. The van der Waals surface area contributed by atoms with E-state index in [0.29, 0.717) is 24.0 Å². The SMILES string of the molecule is CCC(=O)N(C1=C2C(=CCC3C2CCC2CCCCC23)C=C1)c1ccc(OC)nn1. The van der Waals surface area contributed by atoms with E-state index in [2.05, 4.69) is 28.4 Å². The Kier molecular flexibility index (Phi) is 5.21. The molecular weight excluding hydrogens is 374 g/mol. The maximum atomic E-state index is 13.1. The molecule has 4 atom stereocenters. The molecule has 1 heterocycles. The monoisotopic (exact) mass is 405 g/mol. The van der Waals surface area contributed by atoms with Gasteiger partial charge in [-0.25, -0.2) is 0 Å². The van der Waals surface area contributed by atoms with Crippen LogP contribution in [0.2, 0.25) is 0 Å². The van der Waals surface area contributed by atoms with Gasteiger partial charge in [0.25, 0.3) is 0 Å². The van der Waals surface area contributed by atoms with E-state index in [1.807, 2.05) is 13.0 Å². The van der Waals surface area contributed by atoms with E-state index in [0.717, 1.165) is 23.5 Å². The summed E-state index contributed by atoms with van der Waals surface area (Å²) in [5, 5.41) is 8.43. The first kappa shape index (κ1) is 19.5. The largest absolute Gasteiger partial charge is 0.480 e. The second-order valence-electron chi connectivity index (χ2n) is 9.10. The number of aromatic nitrogens is 2. The highest BCUT2D eigenvalue weighted by Gasteiger charge is 2.45. The summed E-state index contributed by atoms with van der Waals surface area (Å²) in [7, 11) is 1.57. The lowest BCUT2D eigenvalue weighted by Crippen LogP contribution is -2.40. The van der Waals surface area contributed by atoms with Gasteiger partial charge in [-0.3, -0.25) is 9.69 Å². The van der Waals surface area contributed by atoms with Crippen molar-refractivity contribution in [1.29, 1.82) is 0 Å². The Morgan fingerprint density at radius 2 is 1.97 bits per heavy atom. The lowest BCUT2D eigenvalue weighted by molar-refractivity contribution is -0.117. The van der Waals surface area contributed by atoms with Crippen molar-refractivity contribution in [2.24, 2.45) is 23.7 Å². The molecular formula is C25H31N3O2. The fraction of sp³-hybridized carbons (Fsp3) is 0.560. The molecule has 1 aromatic heterocycles. The quantitative estimate of drug-likeness (QED) is 0.690. The number of nitrogens with zero attached hydrogens (tertiary/aromatic N) is 3. The van der Waals surface area contributed by atoms with Gasteiger partial charge in [0.2, 0.25) is 11.8 Å². The molecule has 0 spiro atoms. The van der Waals surface area contributed by atoms with Crippen molar-refractivity contribution < 1.29 is 9.53 Å². The van der Waals surface area contributed by atoms with Crippen LogP contribution in [0.4, 0.5) is 5.82 Å². The van der Waals surface area contributed by atoms with Crippen LogP contribution < -0.4 is 9.64 Å². The fourth-order valence-corrected chi connectivity index (χ4v) is 6.38. The predicted molar refractivity (Wildman–Crippen MR) is 117 cm³/mol. The molecule has 1 amide bonds. The lowest BCUT2D eigenvalue weighted by atomic mass is 9.57. The van der Waals surface area contributed by atoms with Crippen LogP contribution in [-0.2, 0) is 4.79 Å². The number of methoxy groups -OCH3 is 1. The van der Waals surface area contributed by atoms with Crippen molar-refractivity contribution in [1.82, 2.24) is 10.2 Å². The first-order valence-electron chi connectivity index (χ1n) is 11.5. The molecule has 0 aliphatic heterocycles. The standard InChI is InChI=1S/C25H31N3O2/c1-3-24(29)28(22-14-15-23(30-2)27-26-22)21-13-10-17-9-11-19-18-7-5-4-6-16(18)8-12-20(19)25(17)21/h9-10,13-16,18-20H,3-8,11-12H2,1-2H3. The molecule has 5 rings (SSSR count). The minimum Gasteiger partial charge on any atom is -0.480 e. The summed E-state index contributed by atoms with van der Waals surface area (Å²) in [6, 6.07) is 3.61. The topological polar surface area (TPSA) is 55.3 Å². The van der Waals surface area contributed by atoms with Gasteiger partial charge < -0.3 is 4.74 Å². The van der Waals surface area contributed by atoms with E-state index in [9.17, 15) is 4.79 Å². The zero-order valence-corrected chi connectivity index (χ0v) is 18.0. The number of rotatable bonds is 4. The van der Waals surface area contributed by atoms with Crippen LogP contribution in [0.25, 0.3) is 0 Å². The minimum atomic E-state index is 0.0522. The minimum absolute atomic E-state index is 0.0522. The molecule has 0 bridgehead atoms. The van der Waals surface area contributed by atoms with E-state index >= 15 is 0 Å². The molecule has 158 valence electrons. The van der Waals surface area contributed by atoms with Crippen molar-refractivity contribution in [2.45, 2.75) is 58.3 Å². The molecule has 4 aliphatic rings. The summed E-state index contributed by atoms with van der Waals surface area (Å²) in [5.74, 6) is 4.11. The van der Waals surface area contributed by atoms with E-state index in [-0.39, 0.29) is 5.91 Å². The van der Waals surface area contributed by atoms with Gasteiger partial charge in [-0.05, 0) is 72.6 Å². The van der Waals surface area contributed by atoms with Gasteiger partial charge in [0.05, 0.1) is 12.8 Å². The predicted octanol–water partition coefficient (Wildman–Crippen LogP) is 5.21. The molecule has 4 unspecified atom stereocenters. The van der Waals surface area contributed by atoms with Gasteiger partial charge in [-0.1, -0.05) is 38.3 Å². The number of fused-ring (bicyclic) bond motifs is 5. The Morgan fingerprint density at radius 3 is 2.73 bits per heavy atom. The normalized spacial score (nSPS) is 29.6. The van der Waals surface area contributed by atoms with Crippen LogP contribution in [-0.4, -0.2) is 23.2 Å². The van der Waals surface area contributed by atoms with Crippen LogP contribution in [0.15, 0.2) is 47.2 Å². The second-order valence-corrected chi connectivity index (χ2v) is 9.10. The first-order valence-corrected chi connectivity index (χ1v) is 11.5. The number of anilines is 1. The van der Waals surface area contributed by atoms with Gasteiger partial charge in [-0.2, -0.15) is 0 Å². The number of ether oxygens (including phenoxy) is 1. The highest BCUT2D eigenvalue weighted by molar-refractivity contribution is 5.97. The van der Waals surface area contributed by atoms with E-state index < -0.39 is 0 Å². The molecule has 4 aliphatic carbocycles. The number of carbonyl (C=O) groups excluding carboxylic acids is 1.